The summed E-state index contributed by atoms with van der Waals surface area (Å²) in [4.78, 5) is 12.7. The molecule has 0 spiro atoms. The van der Waals surface area contributed by atoms with Crippen LogP contribution in [-0.4, -0.2) is 43.0 Å². The van der Waals surface area contributed by atoms with Crippen molar-refractivity contribution >= 4 is 23.1 Å². The lowest BCUT2D eigenvalue weighted by molar-refractivity contribution is -0.384. The molecular weight excluding hydrogens is 454 g/mol. The monoisotopic (exact) mass is 479 g/mol. The molecule has 34 heavy (non-hydrogen) atoms. The molecule has 4 rings (SSSR count). The van der Waals surface area contributed by atoms with E-state index in [1.54, 1.807) is 12.1 Å². The second kappa shape index (κ2) is 10.5. The van der Waals surface area contributed by atoms with E-state index in [1.807, 2.05) is 0 Å². The fraction of sp³-hybridized carbons (Fsp3) is 0.304. The van der Waals surface area contributed by atoms with Gasteiger partial charge in [-0.1, -0.05) is 11.8 Å². The van der Waals surface area contributed by atoms with Crippen molar-refractivity contribution in [2.24, 2.45) is 0 Å². The molecular formula is C23H25N7O3S. The highest BCUT2D eigenvalue weighted by Crippen LogP contribution is 2.28. The Morgan fingerprint density at radius 3 is 2.24 bits per heavy atom. The van der Waals surface area contributed by atoms with E-state index in [0.29, 0.717) is 23.1 Å². The smallest absolute Gasteiger partial charge is 0.269 e. The van der Waals surface area contributed by atoms with E-state index >= 15 is 0 Å². The van der Waals surface area contributed by atoms with Gasteiger partial charge in [0.05, 0.1) is 10.7 Å². The van der Waals surface area contributed by atoms with Crippen molar-refractivity contribution in [1.29, 1.82) is 0 Å². The van der Waals surface area contributed by atoms with E-state index in [9.17, 15) is 10.1 Å². The quantitative estimate of drug-likeness (QED) is 0.175. The zero-order valence-corrected chi connectivity index (χ0v) is 20.0. The van der Waals surface area contributed by atoms with Gasteiger partial charge in [-0.15, -0.1) is 20.4 Å². The fourth-order valence-electron chi connectivity index (χ4n) is 3.58. The SMILES string of the molecule is CCN(CC)c1ccc(-c2nnc(SCc3nnc(-c4ccc([N+](=O)[O-])cc4)o3)n2CC)cc1. The maximum Gasteiger partial charge on any atom is 0.269 e. The molecule has 176 valence electrons. The Kier molecular flexibility index (Phi) is 7.21. The fourth-order valence-corrected chi connectivity index (χ4v) is 4.42. The molecule has 0 amide bonds. The topological polar surface area (TPSA) is 116 Å². The lowest BCUT2D eigenvalue weighted by Gasteiger charge is -2.21. The minimum Gasteiger partial charge on any atom is -0.420 e. The van der Waals surface area contributed by atoms with Crippen LogP contribution in [0.2, 0.25) is 0 Å². The first-order valence-electron chi connectivity index (χ1n) is 11.0. The van der Waals surface area contributed by atoms with Crippen LogP contribution >= 0.6 is 11.8 Å². The van der Waals surface area contributed by atoms with Crippen LogP contribution in [0.1, 0.15) is 26.7 Å². The maximum absolute atomic E-state index is 10.8. The van der Waals surface area contributed by atoms with Gasteiger partial charge in [0.1, 0.15) is 0 Å². The Bertz CT molecular complexity index is 1250. The molecule has 0 fully saturated rings. The normalized spacial score (nSPS) is 11.0. The van der Waals surface area contributed by atoms with Crippen molar-refractivity contribution in [2.75, 3.05) is 18.0 Å². The molecule has 11 heteroatoms. The molecule has 0 aliphatic carbocycles. The standard InChI is InChI=1S/C23H25N7O3S/c1-4-28(5-2)18-11-7-16(8-12-18)21-25-27-23(29(21)6-3)34-15-20-24-26-22(33-20)17-9-13-19(14-10-17)30(31)32/h7-14H,4-6,15H2,1-3H3. The molecule has 0 bridgehead atoms. The van der Waals surface area contributed by atoms with Gasteiger partial charge in [-0.25, -0.2) is 0 Å². The van der Waals surface area contributed by atoms with E-state index in [2.05, 4.69) is 74.9 Å². The van der Waals surface area contributed by atoms with Crippen LogP contribution in [0.25, 0.3) is 22.8 Å². The van der Waals surface area contributed by atoms with Crippen molar-refractivity contribution in [2.45, 2.75) is 38.2 Å². The third-order valence-electron chi connectivity index (χ3n) is 5.40. The average molecular weight is 480 g/mol. The second-order valence-electron chi connectivity index (χ2n) is 7.36. The summed E-state index contributed by atoms with van der Waals surface area (Å²) in [5.41, 5.74) is 2.83. The number of aromatic nitrogens is 5. The number of nitro benzene ring substituents is 1. The number of hydrogen-bond acceptors (Lipinski definition) is 9. The van der Waals surface area contributed by atoms with Crippen molar-refractivity contribution in [3.8, 4) is 22.8 Å². The van der Waals surface area contributed by atoms with Gasteiger partial charge in [0, 0.05) is 48.6 Å². The van der Waals surface area contributed by atoms with Crippen LogP contribution in [0.5, 0.6) is 0 Å². The van der Waals surface area contributed by atoms with Crippen LogP contribution in [0.3, 0.4) is 0 Å². The zero-order chi connectivity index (χ0) is 24.1. The predicted molar refractivity (Wildman–Crippen MR) is 131 cm³/mol. The Labute approximate surface area is 201 Å². The molecule has 0 aliphatic heterocycles. The van der Waals surface area contributed by atoms with Gasteiger partial charge >= 0.3 is 0 Å². The van der Waals surface area contributed by atoms with E-state index in [-0.39, 0.29) is 5.69 Å². The lowest BCUT2D eigenvalue weighted by atomic mass is 10.2. The molecule has 4 aromatic rings. The number of hydrogen-bond donors (Lipinski definition) is 0. The Morgan fingerprint density at radius 2 is 1.62 bits per heavy atom. The van der Waals surface area contributed by atoms with Gasteiger partial charge < -0.3 is 13.9 Å². The molecule has 0 atom stereocenters. The summed E-state index contributed by atoms with van der Waals surface area (Å²) in [6.07, 6.45) is 0. The molecule has 2 aromatic heterocycles. The van der Waals surface area contributed by atoms with E-state index in [1.165, 1.54) is 29.6 Å². The molecule has 0 unspecified atom stereocenters. The Morgan fingerprint density at radius 1 is 0.941 bits per heavy atom. The molecule has 0 saturated heterocycles. The highest BCUT2D eigenvalue weighted by Gasteiger charge is 2.16. The van der Waals surface area contributed by atoms with Crippen LogP contribution in [-0.2, 0) is 12.3 Å². The van der Waals surface area contributed by atoms with Gasteiger partial charge in [-0.3, -0.25) is 10.1 Å². The summed E-state index contributed by atoms with van der Waals surface area (Å²) < 4.78 is 7.80. The molecule has 0 saturated carbocycles. The molecule has 2 aromatic carbocycles. The number of non-ortho nitro benzene ring substituents is 1. The first-order chi connectivity index (χ1) is 16.5. The third kappa shape index (κ3) is 4.93. The minimum atomic E-state index is -0.447. The van der Waals surface area contributed by atoms with E-state index < -0.39 is 4.92 Å². The molecule has 0 radical (unpaired) electrons. The molecule has 0 aliphatic rings. The zero-order valence-electron chi connectivity index (χ0n) is 19.2. The lowest BCUT2D eigenvalue weighted by Crippen LogP contribution is -2.21. The van der Waals surface area contributed by atoms with Gasteiger partial charge in [-0.2, -0.15) is 0 Å². The number of nitro groups is 1. The highest BCUT2D eigenvalue weighted by atomic mass is 32.2. The summed E-state index contributed by atoms with van der Waals surface area (Å²) in [5, 5.41) is 28.5. The number of thioether (sulfide) groups is 1. The van der Waals surface area contributed by atoms with Gasteiger partial charge in [0.15, 0.2) is 11.0 Å². The highest BCUT2D eigenvalue weighted by molar-refractivity contribution is 7.98. The van der Waals surface area contributed by atoms with Gasteiger partial charge in [0.25, 0.3) is 5.69 Å². The number of anilines is 1. The second-order valence-corrected chi connectivity index (χ2v) is 8.31. The Balaban J connectivity index is 1.46. The summed E-state index contributed by atoms with van der Waals surface area (Å²) in [7, 11) is 0. The van der Waals surface area contributed by atoms with Gasteiger partial charge in [-0.05, 0) is 57.2 Å². The van der Waals surface area contributed by atoms with Crippen molar-refractivity contribution < 1.29 is 9.34 Å². The van der Waals surface area contributed by atoms with Crippen LogP contribution in [0, 0.1) is 10.1 Å². The number of rotatable bonds is 10. The first kappa shape index (κ1) is 23.4. The van der Waals surface area contributed by atoms with Crippen molar-refractivity contribution in [3.63, 3.8) is 0 Å². The van der Waals surface area contributed by atoms with Crippen LogP contribution in [0.15, 0.2) is 58.1 Å². The molecule has 10 nitrogen and oxygen atoms in total. The van der Waals surface area contributed by atoms with Gasteiger partial charge in [0.2, 0.25) is 11.8 Å². The molecule has 2 heterocycles. The third-order valence-corrected chi connectivity index (χ3v) is 6.36. The van der Waals surface area contributed by atoms with Crippen LogP contribution < -0.4 is 4.90 Å². The van der Waals surface area contributed by atoms with E-state index in [4.69, 9.17) is 4.42 Å². The summed E-state index contributed by atoms with van der Waals surface area (Å²) >= 11 is 1.47. The predicted octanol–water partition coefficient (Wildman–Crippen LogP) is 5.06. The number of nitrogens with zero attached hydrogens (tertiary/aromatic N) is 7. The first-order valence-corrected chi connectivity index (χ1v) is 12.0. The van der Waals surface area contributed by atoms with Crippen molar-refractivity contribution in [1.82, 2.24) is 25.0 Å². The van der Waals surface area contributed by atoms with E-state index in [0.717, 1.165) is 36.2 Å². The number of benzene rings is 2. The molecule has 0 N–H and O–H groups in total. The average Bonchev–Trinajstić information content (AvgIpc) is 3.51. The largest absolute Gasteiger partial charge is 0.420 e. The van der Waals surface area contributed by atoms with Crippen LogP contribution in [0.4, 0.5) is 11.4 Å². The minimum absolute atomic E-state index is 0.0106. The van der Waals surface area contributed by atoms with Crippen molar-refractivity contribution in [3.05, 3.63) is 64.5 Å². The summed E-state index contributed by atoms with van der Waals surface area (Å²) in [5.74, 6) is 2.00. The summed E-state index contributed by atoms with van der Waals surface area (Å²) in [6.45, 7) is 8.99. The summed E-state index contributed by atoms with van der Waals surface area (Å²) in [6, 6.07) is 14.4. The Hall–Kier alpha value is -3.73. The maximum atomic E-state index is 10.8.